The number of sulfonamides is 1. The lowest BCUT2D eigenvalue weighted by Crippen LogP contribution is -2.41. The van der Waals surface area contributed by atoms with Crippen LogP contribution < -0.4 is 5.73 Å². The molecule has 1 atom stereocenters. The molecule has 0 bridgehead atoms. The van der Waals surface area contributed by atoms with Crippen molar-refractivity contribution in [2.24, 2.45) is 11.7 Å². The van der Waals surface area contributed by atoms with E-state index in [1.54, 1.807) is 19.1 Å². The van der Waals surface area contributed by atoms with Gasteiger partial charge in [0.25, 0.3) is 0 Å². The van der Waals surface area contributed by atoms with Crippen molar-refractivity contribution >= 4 is 10.0 Å². The summed E-state index contributed by atoms with van der Waals surface area (Å²) in [6.07, 6.45) is 1.67. The summed E-state index contributed by atoms with van der Waals surface area (Å²) in [7, 11) is -3.50. The summed E-state index contributed by atoms with van der Waals surface area (Å²) in [6, 6.07) is 5.30. The van der Waals surface area contributed by atoms with Gasteiger partial charge in [-0.15, -0.1) is 0 Å². The maximum atomic E-state index is 12.7. The third-order valence-corrected chi connectivity index (χ3v) is 5.85. The minimum atomic E-state index is -3.50. The number of nitrogens with zero attached hydrogens (tertiary/aromatic N) is 1. The quantitative estimate of drug-likeness (QED) is 0.863. The SMILES string of the molecule is Cc1ccc(CN)cc1S(=O)(=O)N1CCCC(CO)C1. The highest BCUT2D eigenvalue weighted by molar-refractivity contribution is 7.89. The first-order valence-corrected chi connectivity index (χ1v) is 8.33. The minimum Gasteiger partial charge on any atom is -0.396 e. The smallest absolute Gasteiger partial charge is 0.243 e. The van der Waals surface area contributed by atoms with Crippen molar-refractivity contribution in [3.05, 3.63) is 29.3 Å². The van der Waals surface area contributed by atoms with Gasteiger partial charge >= 0.3 is 0 Å². The van der Waals surface area contributed by atoms with E-state index in [-0.39, 0.29) is 12.5 Å². The molecule has 1 heterocycles. The summed E-state index contributed by atoms with van der Waals surface area (Å²) >= 11 is 0. The Balaban J connectivity index is 2.34. The molecule has 20 heavy (non-hydrogen) atoms. The van der Waals surface area contributed by atoms with Gasteiger partial charge in [-0.25, -0.2) is 8.42 Å². The Morgan fingerprint density at radius 2 is 2.20 bits per heavy atom. The van der Waals surface area contributed by atoms with Gasteiger partial charge in [0.15, 0.2) is 0 Å². The van der Waals surface area contributed by atoms with Gasteiger partial charge < -0.3 is 10.8 Å². The van der Waals surface area contributed by atoms with E-state index < -0.39 is 10.0 Å². The lowest BCUT2D eigenvalue weighted by Gasteiger charge is -2.31. The molecule has 1 aromatic carbocycles. The van der Waals surface area contributed by atoms with Crippen molar-refractivity contribution < 1.29 is 13.5 Å². The molecule has 0 aromatic heterocycles. The van der Waals surface area contributed by atoms with Crippen molar-refractivity contribution in [1.29, 1.82) is 0 Å². The molecule has 3 N–H and O–H groups in total. The molecule has 1 unspecified atom stereocenters. The Morgan fingerprint density at radius 3 is 2.85 bits per heavy atom. The molecule has 1 fully saturated rings. The lowest BCUT2D eigenvalue weighted by molar-refractivity contribution is 0.165. The monoisotopic (exact) mass is 298 g/mol. The van der Waals surface area contributed by atoms with Crippen LogP contribution in [0.3, 0.4) is 0 Å². The molecule has 0 amide bonds. The summed E-state index contributed by atoms with van der Waals surface area (Å²) in [5.41, 5.74) is 7.13. The fourth-order valence-electron chi connectivity index (χ4n) is 2.58. The Kier molecular flexibility index (Phi) is 4.80. The highest BCUT2D eigenvalue weighted by Gasteiger charge is 2.30. The van der Waals surface area contributed by atoms with Gasteiger partial charge in [-0.3, -0.25) is 0 Å². The van der Waals surface area contributed by atoms with E-state index in [2.05, 4.69) is 0 Å². The largest absolute Gasteiger partial charge is 0.396 e. The van der Waals surface area contributed by atoms with E-state index in [9.17, 15) is 13.5 Å². The summed E-state index contributed by atoms with van der Waals surface area (Å²) in [5, 5.41) is 9.24. The van der Waals surface area contributed by atoms with E-state index in [0.29, 0.717) is 24.5 Å². The van der Waals surface area contributed by atoms with E-state index in [1.165, 1.54) is 4.31 Å². The second-order valence-corrected chi connectivity index (χ2v) is 7.26. The number of benzene rings is 1. The Bertz CT molecular complexity index is 572. The van der Waals surface area contributed by atoms with Crippen molar-refractivity contribution in [3.63, 3.8) is 0 Å². The maximum Gasteiger partial charge on any atom is 0.243 e. The molecular formula is C14H22N2O3S. The van der Waals surface area contributed by atoms with Gasteiger partial charge in [-0.1, -0.05) is 12.1 Å². The second-order valence-electron chi connectivity index (χ2n) is 5.36. The van der Waals surface area contributed by atoms with Crippen LogP contribution in [0.25, 0.3) is 0 Å². The van der Waals surface area contributed by atoms with Crippen LogP contribution in [-0.2, 0) is 16.6 Å². The summed E-state index contributed by atoms with van der Waals surface area (Å²) in [4.78, 5) is 0.332. The molecular weight excluding hydrogens is 276 g/mol. The van der Waals surface area contributed by atoms with Gasteiger partial charge in [0.2, 0.25) is 10.0 Å². The fourth-order valence-corrected chi connectivity index (χ4v) is 4.41. The van der Waals surface area contributed by atoms with Crippen LogP contribution >= 0.6 is 0 Å². The van der Waals surface area contributed by atoms with Gasteiger partial charge in [0.1, 0.15) is 0 Å². The van der Waals surface area contributed by atoms with Crippen LogP contribution in [0.2, 0.25) is 0 Å². The Hall–Kier alpha value is -0.950. The summed E-state index contributed by atoms with van der Waals surface area (Å²) < 4.78 is 27.0. The zero-order valence-corrected chi connectivity index (χ0v) is 12.6. The molecule has 0 saturated carbocycles. The van der Waals surface area contributed by atoms with Gasteiger partial charge in [0.05, 0.1) is 4.90 Å². The molecule has 0 aliphatic carbocycles. The third kappa shape index (κ3) is 3.03. The number of aliphatic hydroxyl groups excluding tert-OH is 1. The average molecular weight is 298 g/mol. The molecule has 2 rings (SSSR count). The van der Waals surface area contributed by atoms with Crippen molar-refractivity contribution in [3.8, 4) is 0 Å². The van der Waals surface area contributed by atoms with Gasteiger partial charge in [-0.2, -0.15) is 4.31 Å². The molecule has 0 spiro atoms. The number of nitrogens with two attached hydrogens (primary N) is 1. The first-order chi connectivity index (χ1) is 9.48. The van der Waals surface area contributed by atoms with E-state index >= 15 is 0 Å². The lowest BCUT2D eigenvalue weighted by atomic mass is 10.0. The predicted octanol–water partition coefficient (Wildman–Crippen LogP) is 0.847. The van der Waals surface area contributed by atoms with E-state index in [1.807, 2.05) is 6.07 Å². The molecule has 0 radical (unpaired) electrons. The van der Waals surface area contributed by atoms with Crippen LogP contribution in [0.1, 0.15) is 24.0 Å². The Morgan fingerprint density at radius 1 is 1.45 bits per heavy atom. The highest BCUT2D eigenvalue weighted by Crippen LogP contribution is 2.26. The van der Waals surface area contributed by atoms with Crippen LogP contribution in [0.15, 0.2) is 23.1 Å². The number of hydrogen-bond acceptors (Lipinski definition) is 4. The van der Waals surface area contributed by atoms with Crippen LogP contribution in [0, 0.1) is 12.8 Å². The van der Waals surface area contributed by atoms with E-state index in [0.717, 1.165) is 24.0 Å². The maximum absolute atomic E-state index is 12.7. The fraction of sp³-hybridized carbons (Fsp3) is 0.571. The molecule has 1 aromatic rings. The first kappa shape index (κ1) is 15.4. The predicted molar refractivity (Wildman–Crippen MR) is 77.6 cm³/mol. The van der Waals surface area contributed by atoms with Crippen molar-refractivity contribution in [1.82, 2.24) is 4.31 Å². The zero-order valence-electron chi connectivity index (χ0n) is 11.7. The molecule has 1 saturated heterocycles. The van der Waals surface area contributed by atoms with Crippen LogP contribution in [0.4, 0.5) is 0 Å². The van der Waals surface area contributed by atoms with Crippen molar-refractivity contribution in [2.75, 3.05) is 19.7 Å². The van der Waals surface area contributed by atoms with Gasteiger partial charge in [0, 0.05) is 26.2 Å². The third-order valence-electron chi connectivity index (χ3n) is 3.85. The van der Waals surface area contributed by atoms with Crippen LogP contribution in [-0.4, -0.2) is 37.5 Å². The average Bonchev–Trinajstić information content (AvgIpc) is 2.47. The number of aryl methyl sites for hydroxylation is 1. The first-order valence-electron chi connectivity index (χ1n) is 6.89. The second kappa shape index (κ2) is 6.22. The molecule has 112 valence electrons. The molecule has 1 aliphatic rings. The summed E-state index contributed by atoms with van der Waals surface area (Å²) in [6.45, 7) is 3.06. The molecule has 1 aliphatic heterocycles. The number of aliphatic hydroxyl groups is 1. The standard InChI is InChI=1S/C14H22N2O3S/c1-11-4-5-12(8-15)7-14(11)20(18,19)16-6-2-3-13(9-16)10-17/h4-5,7,13,17H,2-3,6,8-10,15H2,1H3. The normalized spacial score (nSPS) is 21.1. The number of piperidine rings is 1. The Labute approximate surface area is 120 Å². The molecule has 6 heteroatoms. The van der Waals surface area contributed by atoms with Gasteiger partial charge in [-0.05, 0) is 42.9 Å². The zero-order chi connectivity index (χ0) is 14.8. The highest BCUT2D eigenvalue weighted by atomic mass is 32.2. The minimum absolute atomic E-state index is 0.0356. The van der Waals surface area contributed by atoms with Crippen molar-refractivity contribution in [2.45, 2.75) is 31.2 Å². The van der Waals surface area contributed by atoms with E-state index in [4.69, 9.17) is 5.73 Å². The number of rotatable bonds is 4. The summed E-state index contributed by atoms with van der Waals surface area (Å²) in [5.74, 6) is 0.0384. The topological polar surface area (TPSA) is 83.6 Å². The molecule has 5 nitrogen and oxygen atoms in total. The van der Waals surface area contributed by atoms with Crippen LogP contribution in [0.5, 0.6) is 0 Å². The number of hydrogen-bond donors (Lipinski definition) is 2.